The number of carbonyl (C=O) groups is 1. The van der Waals surface area contributed by atoms with Crippen molar-refractivity contribution < 1.29 is 13.8 Å². The molecule has 1 atom stereocenters. The summed E-state index contributed by atoms with van der Waals surface area (Å²) in [6, 6.07) is -0.0876. The van der Waals surface area contributed by atoms with Crippen LogP contribution in [0.2, 0.25) is 0 Å². The molecule has 1 aliphatic heterocycles. The fourth-order valence-corrected chi connectivity index (χ4v) is 2.79. The molecule has 1 amide bonds. The van der Waals surface area contributed by atoms with Gasteiger partial charge in [-0.1, -0.05) is 10.3 Å². The van der Waals surface area contributed by atoms with Gasteiger partial charge in [-0.05, 0) is 26.7 Å². The number of nitrogens with zero attached hydrogens (tertiary/aromatic N) is 4. The van der Waals surface area contributed by atoms with Crippen LogP contribution in [0.1, 0.15) is 47.6 Å². The van der Waals surface area contributed by atoms with Gasteiger partial charge in [0.2, 0.25) is 11.8 Å². The third kappa shape index (κ3) is 2.55. The molecule has 0 aliphatic carbocycles. The molecule has 21 heavy (non-hydrogen) atoms. The smallest absolute Gasteiger partial charge is 0.227 e. The Bertz CT molecular complexity index is 641. The first-order valence-corrected chi connectivity index (χ1v) is 7.07. The zero-order valence-corrected chi connectivity index (χ0v) is 12.4. The fourth-order valence-electron chi connectivity index (χ4n) is 2.79. The van der Waals surface area contributed by atoms with E-state index in [9.17, 15) is 4.79 Å². The highest BCUT2D eigenvalue weighted by Gasteiger charge is 2.33. The van der Waals surface area contributed by atoms with Gasteiger partial charge in [0.15, 0.2) is 5.82 Å². The third-order valence-electron chi connectivity index (χ3n) is 3.92. The average molecular weight is 290 g/mol. The van der Waals surface area contributed by atoms with E-state index in [0.29, 0.717) is 23.9 Å². The number of aryl methyl sites for hydroxylation is 3. The summed E-state index contributed by atoms with van der Waals surface area (Å²) in [5, 5.41) is 7.84. The number of aromatic nitrogens is 3. The molecule has 112 valence electrons. The van der Waals surface area contributed by atoms with Crippen LogP contribution in [0.3, 0.4) is 0 Å². The molecule has 0 bridgehead atoms. The molecule has 7 heteroatoms. The Hall–Kier alpha value is -2.18. The lowest BCUT2D eigenvalue weighted by Crippen LogP contribution is -2.32. The van der Waals surface area contributed by atoms with Crippen LogP contribution in [0.5, 0.6) is 0 Å². The Labute approximate surface area is 122 Å². The number of rotatable bonds is 3. The lowest BCUT2D eigenvalue weighted by Gasteiger charge is -2.22. The highest BCUT2D eigenvalue weighted by molar-refractivity contribution is 5.79. The highest BCUT2D eigenvalue weighted by Crippen LogP contribution is 2.31. The Balaban J connectivity index is 1.77. The molecule has 2 aromatic heterocycles. The topological polar surface area (TPSA) is 85.3 Å². The normalized spacial score (nSPS) is 18.4. The van der Waals surface area contributed by atoms with Crippen LogP contribution in [-0.4, -0.2) is 32.6 Å². The quantitative estimate of drug-likeness (QED) is 0.858. The van der Waals surface area contributed by atoms with Gasteiger partial charge in [0.1, 0.15) is 5.76 Å². The molecule has 1 fully saturated rings. The van der Waals surface area contributed by atoms with E-state index in [1.165, 1.54) is 0 Å². The number of hydrogen-bond donors (Lipinski definition) is 0. The molecule has 1 unspecified atom stereocenters. The largest absolute Gasteiger partial charge is 0.361 e. The van der Waals surface area contributed by atoms with E-state index in [1.54, 1.807) is 6.92 Å². The summed E-state index contributed by atoms with van der Waals surface area (Å²) in [4.78, 5) is 18.7. The zero-order valence-electron chi connectivity index (χ0n) is 12.4. The second-order valence-corrected chi connectivity index (χ2v) is 5.40. The maximum atomic E-state index is 12.6. The first-order valence-electron chi connectivity index (χ1n) is 7.07. The maximum absolute atomic E-state index is 12.6. The molecule has 0 spiro atoms. The molecule has 1 aliphatic rings. The number of amides is 1. The minimum Gasteiger partial charge on any atom is -0.361 e. The van der Waals surface area contributed by atoms with Gasteiger partial charge in [0, 0.05) is 19.0 Å². The molecule has 0 N–H and O–H groups in total. The first-order chi connectivity index (χ1) is 10.1. The standard InChI is InChI=1S/C14H18N4O3/c1-8-11(9(2)20-16-8)7-13(19)18-6-4-5-12(18)14-15-10(3)21-17-14/h12H,4-7H2,1-3H3. The van der Waals surface area contributed by atoms with Crippen LogP contribution in [0.25, 0.3) is 0 Å². The molecule has 0 saturated carbocycles. The number of likely N-dealkylation sites (tertiary alicyclic amines) is 1. The number of carbonyl (C=O) groups excluding carboxylic acids is 1. The molecule has 1 saturated heterocycles. The minimum atomic E-state index is -0.0876. The van der Waals surface area contributed by atoms with Crippen LogP contribution in [0.4, 0.5) is 0 Å². The Morgan fingerprint density at radius 3 is 2.71 bits per heavy atom. The molecule has 7 nitrogen and oxygen atoms in total. The van der Waals surface area contributed by atoms with Gasteiger partial charge in [-0.3, -0.25) is 4.79 Å². The lowest BCUT2D eigenvalue weighted by atomic mass is 10.1. The van der Waals surface area contributed by atoms with Crippen LogP contribution < -0.4 is 0 Å². The molecule has 3 rings (SSSR count). The number of hydrogen-bond acceptors (Lipinski definition) is 6. The van der Waals surface area contributed by atoms with Crippen molar-refractivity contribution in [2.75, 3.05) is 6.54 Å². The monoisotopic (exact) mass is 290 g/mol. The molecule has 2 aromatic rings. The van der Waals surface area contributed by atoms with Crippen LogP contribution in [-0.2, 0) is 11.2 Å². The Kier molecular flexibility index (Phi) is 3.48. The summed E-state index contributed by atoms with van der Waals surface area (Å²) >= 11 is 0. The first kappa shape index (κ1) is 13.8. The van der Waals surface area contributed by atoms with Crippen molar-refractivity contribution in [3.05, 3.63) is 28.7 Å². The van der Waals surface area contributed by atoms with Gasteiger partial charge in [-0.2, -0.15) is 4.98 Å². The summed E-state index contributed by atoms with van der Waals surface area (Å²) in [7, 11) is 0. The van der Waals surface area contributed by atoms with Crippen molar-refractivity contribution in [3.63, 3.8) is 0 Å². The van der Waals surface area contributed by atoms with Gasteiger partial charge in [0.25, 0.3) is 0 Å². The highest BCUT2D eigenvalue weighted by atomic mass is 16.5. The van der Waals surface area contributed by atoms with Gasteiger partial charge in [-0.25, -0.2) is 0 Å². The third-order valence-corrected chi connectivity index (χ3v) is 3.92. The van der Waals surface area contributed by atoms with E-state index in [1.807, 2.05) is 18.7 Å². The zero-order chi connectivity index (χ0) is 15.0. The molecule has 0 radical (unpaired) electrons. The molecular formula is C14H18N4O3. The van der Waals surface area contributed by atoms with E-state index in [2.05, 4.69) is 15.3 Å². The van der Waals surface area contributed by atoms with Crippen molar-refractivity contribution in [2.24, 2.45) is 0 Å². The van der Waals surface area contributed by atoms with E-state index in [4.69, 9.17) is 9.05 Å². The van der Waals surface area contributed by atoms with E-state index in [0.717, 1.165) is 30.6 Å². The van der Waals surface area contributed by atoms with Gasteiger partial charge < -0.3 is 13.9 Å². The van der Waals surface area contributed by atoms with Crippen molar-refractivity contribution in [1.82, 2.24) is 20.2 Å². The van der Waals surface area contributed by atoms with Crippen LogP contribution in [0.15, 0.2) is 9.05 Å². The van der Waals surface area contributed by atoms with Crippen molar-refractivity contribution in [3.8, 4) is 0 Å². The van der Waals surface area contributed by atoms with E-state index < -0.39 is 0 Å². The van der Waals surface area contributed by atoms with Crippen LogP contribution >= 0.6 is 0 Å². The van der Waals surface area contributed by atoms with Crippen molar-refractivity contribution in [2.45, 2.75) is 46.1 Å². The summed E-state index contributed by atoms with van der Waals surface area (Å²) in [6.07, 6.45) is 2.12. The predicted molar refractivity (Wildman–Crippen MR) is 72.4 cm³/mol. The predicted octanol–water partition coefficient (Wildman–Crippen LogP) is 1.89. The van der Waals surface area contributed by atoms with Gasteiger partial charge in [0.05, 0.1) is 18.2 Å². The van der Waals surface area contributed by atoms with Crippen molar-refractivity contribution in [1.29, 1.82) is 0 Å². The second kappa shape index (κ2) is 5.31. The van der Waals surface area contributed by atoms with E-state index in [-0.39, 0.29) is 11.9 Å². The Morgan fingerprint density at radius 1 is 1.29 bits per heavy atom. The van der Waals surface area contributed by atoms with Gasteiger partial charge in [-0.15, -0.1) is 0 Å². The summed E-state index contributed by atoms with van der Waals surface area (Å²) < 4.78 is 10.1. The Morgan fingerprint density at radius 2 is 2.10 bits per heavy atom. The van der Waals surface area contributed by atoms with Gasteiger partial charge >= 0.3 is 0 Å². The average Bonchev–Trinajstić information content (AvgIpc) is 3.14. The summed E-state index contributed by atoms with van der Waals surface area (Å²) in [5.74, 6) is 1.87. The molecule has 3 heterocycles. The van der Waals surface area contributed by atoms with E-state index >= 15 is 0 Å². The fraction of sp³-hybridized carbons (Fsp3) is 0.571. The second-order valence-electron chi connectivity index (χ2n) is 5.40. The van der Waals surface area contributed by atoms with Crippen molar-refractivity contribution >= 4 is 5.91 Å². The van der Waals surface area contributed by atoms with Crippen LogP contribution in [0, 0.1) is 20.8 Å². The summed E-state index contributed by atoms with van der Waals surface area (Å²) in [6.45, 7) is 6.15. The summed E-state index contributed by atoms with van der Waals surface area (Å²) in [5.41, 5.74) is 1.64. The lowest BCUT2D eigenvalue weighted by molar-refractivity contribution is -0.131. The SMILES string of the molecule is Cc1nc(C2CCCN2C(=O)Cc2c(C)noc2C)no1. The molecular weight excluding hydrogens is 272 g/mol. The molecule has 0 aromatic carbocycles. The minimum absolute atomic E-state index is 0.0503. The maximum Gasteiger partial charge on any atom is 0.227 e.